The summed E-state index contributed by atoms with van der Waals surface area (Å²) in [5.41, 5.74) is 1.65. The quantitative estimate of drug-likeness (QED) is 0.545. The first kappa shape index (κ1) is 11.9. The number of benzene rings is 2. The Kier molecular flexibility index (Phi) is 2.25. The molecule has 1 atom stereocenters. The van der Waals surface area contributed by atoms with Crippen LogP contribution in [0.1, 0.15) is 43.6 Å². The zero-order valence-corrected chi connectivity index (χ0v) is 11.4. The largest absolute Gasteiger partial charge is 0.293 e. The standard InChI is InChI=1S/C17H11ClO2/c18-14-9-17(13-8-4-3-7-12(13)14)15(19)10-5-1-2-6-11(10)16(17)20/h1-8,14H,9H2. The smallest absolute Gasteiger partial charge is 0.182 e. The molecule has 0 aliphatic heterocycles. The highest BCUT2D eigenvalue weighted by Crippen LogP contribution is 2.54. The minimum absolute atomic E-state index is 0.103. The zero-order chi connectivity index (χ0) is 13.9. The number of carbonyl (C=O) groups excluding carboxylic acids is 2. The number of alkyl halides is 1. The van der Waals surface area contributed by atoms with Gasteiger partial charge < -0.3 is 0 Å². The molecule has 0 N–H and O–H groups in total. The minimum atomic E-state index is -1.09. The van der Waals surface area contributed by atoms with Gasteiger partial charge in [0.15, 0.2) is 11.6 Å². The zero-order valence-electron chi connectivity index (χ0n) is 10.6. The van der Waals surface area contributed by atoms with E-state index < -0.39 is 5.41 Å². The van der Waals surface area contributed by atoms with Crippen LogP contribution in [-0.2, 0) is 5.41 Å². The number of ketones is 2. The van der Waals surface area contributed by atoms with Crippen LogP contribution in [0.2, 0.25) is 0 Å². The van der Waals surface area contributed by atoms with Crippen molar-refractivity contribution in [1.82, 2.24) is 0 Å². The summed E-state index contributed by atoms with van der Waals surface area (Å²) in [5.74, 6) is -0.206. The van der Waals surface area contributed by atoms with Gasteiger partial charge in [-0.3, -0.25) is 9.59 Å². The number of fused-ring (bicyclic) bond motifs is 3. The van der Waals surface area contributed by atoms with Gasteiger partial charge in [0.1, 0.15) is 5.41 Å². The number of carbonyl (C=O) groups is 2. The van der Waals surface area contributed by atoms with Crippen molar-refractivity contribution in [3.05, 3.63) is 70.8 Å². The van der Waals surface area contributed by atoms with Crippen molar-refractivity contribution in [2.45, 2.75) is 17.2 Å². The number of hydrogen-bond acceptors (Lipinski definition) is 2. The third-order valence-electron chi connectivity index (χ3n) is 4.43. The second-order valence-corrected chi connectivity index (χ2v) is 5.89. The van der Waals surface area contributed by atoms with Crippen LogP contribution in [0.4, 0.5) is 0 Å². The molecule has 2 aliphatic rings. The number of hydrogen-bond donors (Lipinski definition) is 0. The Morgan fingerprint density at radius 2 is 1.45 bits per heavy atom. The maximum atomic E-state index is 12.9. The molecule has 0 heterocycles. The molecule has 0 radical (unpaired) electrons. The van der Waals surface area contributed by atoms with E-state index in [1.54, 1.807) is 24.3 Å². The number of halogens is 1. The lowest BCUT2D eigenvalue weighted by atomic mass is 9.77. The highest BCUT2D eigenvalue weighted by atomic mass is 35.5. The Morgan fingerprint density at radius 1 is 0.900 bits per heavy atom. The summed E-state index contributed by atoms with van der Waals surface area (Å²) >= 11 is 6.38. The van der Waals surface area contributed by atoms with Crippen molar-refractivity contribution < 1.29 is 9.59 Å². The van der Waals surface area contributed by atoms with Crippen LogP contribution in [0.3, 0.4) is 0 Å². The second kappa shape index (κ2) is 3.80. The van der Waals surface area contributed by atoms with E-state index in [9.17, 15) is 9.59 Å². The third-order valence-corrected chi connectivity index (χ3v) is 4.82. The molecule has 2 aromatic carbocycles. The Balaban J connectivity index is 2.02. The molecule has 0 saturated heterocycles. The normalized spacial score (nSPS) is 22.1. The van der Waals surface area contributed by atoms with Crippen LogP contribution in [0.15, 0.2) is 48.5 Å². The van der Waals surface area contributed by atoms with Crippen molar-refractivity contribution in [1.29, 1.82) is 0 Å². The molecule has 1 spiro atoms. The molecule has 4 rings (SSSR count). The van der Waals surface area contributed by atoms with E-state index in [1.807, 2.05) is 24.3 Å². The Morgan fingerprint density at radius 3 is 2.10 bits per heavy atom. The fraction of sp³-hybridized carbons (Fsp3) is 0.176. The van der Waals surface area contributed by atoms with Gasteiger partial charge in [-0.1, -0.05) is 48.5 Å². The van der Waals surface area contributed by atoms with E-state index in [0.29, 0.717) is 17.5 Å². The molecule has 1 unspecified atom stereocenters. The van der Waals surface area contributed by atoms with E-state index in [2.05, 4.69) is 0 Å². The van der Waals surface area contributed by atoms with Gasteiger partial charge in [-0.2, -0.15) is 0 Å². The van der Waals surface area contributed by atoms with Crippen LogP contribution in [0.5, 0.6) is 0 Å². The Labute approximate surface area is 121 Å². The fourth-order valence-corrected chi connectivity index (χ4v) is 3.94. The summed E-state index contributed by atoms with van der Waals surface area (Å²) in [4.78, 5) is 25.7. The average Bonchev–Trinajstić information content (AvgIpc) is 2.90. The van der Waals surface area contributed by atoms with Crippen LogP contribution < -0.4 is 0 Å². The molecule has 2 aromatic rings. The molecule has 20 heavy (non-hydrogen) atoms. The number of rotatable bonds is 0. The summed E-state index contributed by atoms with van der Waals surface area (Å²) in [7, 11) is 0. The van der Waals surface area contributed by atoms with Gasteiger partial charge in [-0.15, -0.1) is 11.6 Å². The first-order chi connectivity index (χ1) is 9.66. The summed E-state index contributed by atoms with van der Waals surface area (Å²) < 4.78 is 0. The maximum absolute atomic E-state index is 12.9. The minimum Gasteiger partial charge on any atom is -0.293 e. The van der Waals surface area contributed by atoms with Crippen molar-refractivity contribution in [2.75, 3.05) is 0 Å². The van der Waals surface area contributed by atoms with E-state index in [0.717, 1.165) is 11.1 Å². The van der Waals surface area contributed by atoms with Crippen molar-refractivity contribution in [3.8, 4) is 0 Å². The lowest BCUT2D eigenvalue weighted by molar-refractivity contribution is 0.0794. The van der Waals surface area contributed by atoms with E-state index in [-0.39, 0.29) is 16.9 Å². The van der Waals surface area contributed by atoms with Gasteiger partial charge in [0, 0.05) is 11.1 Å². The van der Waals surface area contributed by atoms with Gasteiger partial charge in [0.05, 0.1) is 5.38 Å². The molecule has 0 amide bonds. The predicted molar refractivity (Wildman–Crippen MR) is 76.4 cm³/mol. The van der Waals surface area contributed by atoms with E-state index >= 15 is 0 Å². The molecule has 0 fully saturated rings. The van der Waals surface area contributed by atoms with Gasteiger partial charge >= 0.3 is 0 Å². The average molecular weight is 283 g/mol. The lowest BCUT2D eigenvalue weighted by Crippen LogP contribution is -2.36. The van der Waals surface area contributed by atoms with Crippen molar-refractivity contribution in [3.63, 3.8) is 0 Å². The highest BCUT2D eigenvalue weighted by Gasteiger charge is 2.58. The first-order valence-electron chi connectivity index (χ1n) is 6.58. The van der Waals surface area contributed by atoms with Crippen molar-refractivity contribution >= 4 is 23.2 Å². The van der Waals surface area contributed by atoms with Crippen LogP contribution >= 0.6 is 11.6 Å². The third kappa shape index (κ3) is 1.20. The van der Waals surface area contributed by atoms with Crippen LogP contribution in [0, 0.1) is 0 Å². The van der Waals surface area contributed by atoms with Gasteiger partial charge in [-0.25, -0.2) is 0 Å². The SMILES string of the molecule is O=C1c2ccccc2C(=O)C12CC(Cl)c1ccccc12. The summed E-state index contributed by atoms with van der Waals surface area (Å²) in [6.07, 6.45) is 0.361. The second-order valence-electron chi connectivity index (χ2n) is 5.37. The topological polar surface area (TPSA) is 34.1 Å². The summed E-state index contributed by atoms with van der Waals surface area (Å²) in [6, 6.07) is 14.6. The van der Waals surface area contributed by atoms with Gasteiger partial charge in [-0.05, 0) is 17.5 Å². The fourth-order valence-electron chi connectivity index (χ4n) is 3.52. The van der Waals surface area contributed by atoms with Crippen LogP contribution in [0.25, 0.3) is 0 Å². The molecule has 0 bridgehead atoms. The molecule has 2 aliphatic carbocycles. The van der Waals surface area contributed by atoms with Gasteiger partial charge in [0.25, 0.3) is 0 Å². The molecular formula is C17H11ClO2. The Hall–Kier alpha value is -1.93. The molecule has 98 valence electrons. The van der Waals surface area contributed by atoms with Crippen LogP contribution in [-0.4, -0.2) is 11.6 Å². The van der Waals surface area contributed by atoms with E-state index in [4.69, 9.17) is 11.6 Å². The summed E-state index contributed by atoms with van der Waals surface area (Å²) in [6.45, 7) is 0. The molecule has 0 aromatic heterocycles. The molecule has 3 heteroatoms. The first-order valence-corrected chi connectivity index (χ1v) is 7.02. The monoisotopic (exact) mass is 282 g/mol. The lowest BCUT2D eigenvalue weighted by Gasteiger charge is -2.20. The number of Topliss-reactive ketones (excluding diaryl/α,β-unsaturated/α-hetero) is 2. The molecule has 0 saturated carbocycles. The molecular weight excluding hydrogens is 272 g/mol. The highest BCUT2D eigenvalue weighted by molar-refractivity contribution is 6.35. The van der Waals surface area contributed by atoms with E-state index in [1.165, 1.54) is 0 Å². The van der Waals surface area contributed by atoms with Crippen molar-refractivity contribution in [2.24, 2.45) is 0 Å². The molecule has 2 nitrogen and oxygen atoms in total. The maximum Gasteiger partial charge on any atom is 0.182 e. The summed E-state index contributed by atoms with van der Waals surface area (Å²) in [5, 5.41) is -0.284. The Bertz CT molecular complexity index is 728. The predicted octanol–water partition coefficient (Wildman–Crippen LogP) is 3.69. The van der Waals surface area contributed by atoms with Gasteiger partial charge in [0.2, 0.25) is 0 Å².